The fourth-order valence-electron chi connectivity index (χ4n) is 2.69. The Bertz CT molecular complexity index is 870. The van der Waals surface area contributed by atoms with Gasteiger partial charge in [0.1, 0.15) is 5.75 Å². The van der Waals surface area contributed by atoms with Gasteiger partial charge in [-0.25, -0.2) is 0 Å². The summed E-state index contributed by atoms with van der Waals surface area (Å²) in [5, 5.41) is 20.4. The number of aryl methyl sites for hydroxylation is 1. The summed E-state index contributed by atoms with van der Waals surface area (Å²) in [6.07, 6.45) is 2.01. The van der Waals surface area contributed by atoms with E-state index in [1.807, 2.05) is 13.0 Å². The molecule has 0 aromatic heterocycles. The quantitative estimate of drug-likeness (QED) is 0.517. The van der Waals surface area contributed by atoms with Gasteiger partial charge < -0.3 is 9.84 Å². The number of Topliss-reactive ketones (excluding diaryl/α,β-unsaturated/α-hetero) is 1. The number of nitro groups is 1. The lowest BCUT2D eigenvalue weighted by atomic mass is 9.97. The average Bonchev–Trinajstić information content (AvgIpc) is 2.70. The number of carbonyl (C=O) groups excluding carboxylic acids is 1. The van der Waals surface area contributed by atoms with Gasteiger partial charge in [-0.05, 0) is 36.3 Å². The molecule has 24 heavy (non-hydrogen) atoms. The highest BCUT2D eigenvalue weighted by atomic mass is 16.6. The predicted octanol–water partition coefficient (Wildman–Crippen LogP) is 3.66. The second kappa shape index (κ2) is 6.16. The van der Waals surface area contributed by atoms with Gasteiger partial charge in [-0.2, -0.15) is 0 Å². The monoisotopic (exact) mass is 325 g/mol. The largest absolute Gasteiger partial charge is 0.502 e. The number of nitro benzene ring substituents is 1. The molecule has 0 saturated carbocycles. The second-order valence-electron chi connectivity index (χ2n) is 5.55. The van der Waals surface area contributed by atoms with Crippen LogP contribution in [0.3, 0.4) is 0 Å². The molecule has 0 unspecified atom stereocenters. The number of hydrogen-bond acceptors (Lipinski definition) is 5. The summed E-state index contributed by atoms with van der Waals surface area (Å²) in [5.41, 5.74) is 1.99. The highest BCUT2D eigenvalue weighted by Crippen LogP contribution is 2.32. The van der Waals surface area contributed by atoms with E-state index in [9.17, 15) is 20.0 Å². The zero-order valence-electron chi connectivity index (χ0n) is 13.0. The number of phenolic OH excluding ortho intramolecular Hbond substituents is 1. The van der Waals surface area contributed by atoms with Crippen LogP contribution in [0.2, 0.25) is 0 Å². The molecule has 0 saturated heterocycles. The summed E-state index contributed by atoms with van der Waals surface area (Å²) in [6.45, 7) is 2.24. The van der Waals surface area contributed by atoms with Crippen LogP contribution in [-0.4, -0.2) is 22.4 Å². The third kappa shape index (κ3) is 2.86. The van der Waals surface area contributed by atoms with Gasteiger partial charge in [-0.15, -0.1) is 0 Å². The number of para-hydroxylation sites is 1. The number of nitrogens with zero attached hydrogens (tertiary/aromatic N) is 1. The molecule has 2 aromatic rings. The van der Waals surface area contributed by atoms with Crippen molar-refractivity contribution in [2.24, 2.45) is 0 Å². The van der Waals surface area contributed by atoms with Crippen LogP contribution in [0, 0.1) is 17.0 Å². The maximum atomic E-state index is 12.7. The third-order valence-corrected chi connectivity index (χ3v) is 3.90. The standard InChI is InChI=1S/C18H15NO5/c1-11-3-2-4-14-17(21)13(7-8-24-18(11)14)9-12-5-6-16(20)15(10-12)19(22)23/h2-6,9-10,20H,7-8H2,1H3/b13-9-. The van der Waals surface area contributed by atoms with Crippen molar-refractivity contribution in [2.75, 3.05) is 6.61 Å². The van der Waals surface area contributed by atoms with E-state index in [0.29, 0.717) is 35.5 Å². The minimum absolute atomic E-state index is 0.151. The number of rotatable bonds is 2. The normalized spacial score (nSPS) is 15.5. The molecule has 122 valence electrons. The Labute approximate surface area is 138 Å². The highest BCUT2D eigenvalue weighted by Gasteiger charge is 2.22. The molecule has 1 heterocycles. The van der Waals surface area contributed by atoms with Crippen molar-refractivity contribution >= 4 is 17.5 Å². The number of fused-ring (bicyclic) bond motifs is 1. The van der Waals surface area contributed by atoms with Crippen molar-refractivity contribution in [3.8, 4) is 11.5 Å². The molecule has 1 aliphatic rings. The van der Waals surface area contributed by atoms with E-state index in [1.54, 1.807) is 18.2 Å². The van der Waals surface area contributed by atoms with Crippen LogP contribution in [0.4, 0.5) is 5.69 Å². The van der Waals surface area contributed by atoms with E-state index < -0.39 is 16.4 Å². The zero-order chi connectivity index (χ0) is 17.3. The second-order valence-corrected chi connectivity index (χ2v) is 5.55. The van der Waals surface area contributed by atoms with Gasteiger partial charge in [0.2, 0.25) is 0 Å². The minimum Gasteiger partial charge on any atom is -0.502 e. The van der Waals surface area contributed by atoms with Gasteiger partial charge in [0.05, 0.1) is 17.1 Å². The number of ketones is 1. The number of hydrogen-bond donors (Lipinski definition) is 1. The molecule has 0 fully saturated rings. The van der Waals surface area contributed by atoms with Gasteiger partial charge in [0.15, 0.2) is 11.5 Å². The lowest BCUT2D eigenvalue weighted by Gasteiger charge is -2.08. The molecule has 0 radical (unpaired) electrons. The number of phenols is 1. The van der Waals surface area contributed by atoms with Crippen LogP contribution in [0.15, 0.2) is 42.0 Å². The Hall–Kier alpha value is -3.15. The van der Waals surface area contributed by atoms with E-state index in [0.717, 1.165) is 5.56 Å². The lowest BCUT2D eigenvalue weighted by Crippen LogP contribution is -2.02. The SMILES string of the molecule is Cc1cccc2c1OCC/C(=C/c1ccc(O)c([N+](=O)[O-])c1)C2=O. The molecule has 0 bridgehead atoms. The first-order valence-corrected chi connectivity index (χ1v) is 7.42. The smallest absolute Gasteiger partial charge is 0.311 e. The molecular formula is C18H15NO5. The summed E-state index contributed by atoms with van der Waals surface area (Å²) in [7, 11) is 0. The molecule has 6 heteroatoms. The topological polar surface area (TPSA) is 89.7 Å². The molecule has 2 aromatic carbocycles. The predicted molar refractivity (Wildman–Crippen MR) is 88.4 cm³/mol. The first-order chi connectivity index (χ1) is 11.5. The fourth-order valence-corrected chi connectivity index (χ4v) is 2.69. The first-order valence-electron chi connectivity index (χ1n) is 7.42. The van der Waals surface area contributed by atoms with Gasteiger partial charge in [-0.3, -0.25) is 14.9 Å². The van der Waals surface area contributed by atoms with E-state index in [4.69, 9.17) is 4.74 Å². The van der Waals surface area contributed by atoms with Crippen LogP contribution in [-0.2, 0) is 0 Å². The van der Waals surface area contributed by atoms with E-state index in [-0.39, 0.29) is 5.78 Å². The molecule has 1 aliphatic heterocycles. The molecule has 0 spiro atoms. The van der Waals surface area contributed by atoms with Crippen LogP contribution < -0.4 is 4.74 Å². The Balaban J connectivity index is 2.03. The fraction of sp³-hybridized carbons (Fsp3) is 0.167. The zero-order valence-corrected chi connectivity index (χ0v) is 13.0. The first kappa shape index (κ1) is 15.7. The van der Waals surface area contributed by atoms with E-state index in [1.165, 1.54) is 18.2 Å². The van der Waals surface area contributed by atoms with Crippen molar-refractivity contribution in [2.45, 2.75) is 13.3 Å². The van der Waals surface area contributed by atoms with Crippen LogP contribution >= 0.6 is 0 Å². The van der Waals surface area contributed by atoms with Crippen LogP contribution in [0.5, 0.6) is 11.5 Å². The van der Waals surface area contributed by atoms with Crippen molar-refractivity contribution in [1.82, 2.24) is 0 Å². The minimum atomic E-state index is -0.659. The van der Waals surface area contributed by atoms with Gasteiger partial charge in [0, 0.05) is 18.1 Å². The molecular weight excluding hydrogens is 310 g/mol. The van der Waals surface area contributed by atoms with Crippen LogP contribution in [0.1, 0.15) is 27.9 Å². The van der Waals surface area contributed by atoms with Crippen molar-refractivity contribution in [3.05, 3.63) is 68.8 Å². The Kier molecular flexibility index (Phi) is 4.04. The maximum Gasteiger partial charge on any atom is 0.311 e. The summed E-state index contributed by atoms with van der Waals surface area (Å²) in [4.78, 5) is 23.0. The molecule has 0 amide bonds. The molecule has 6 nitrogen and oxygen atoms in total. The number of aromatic hydroxyl groups is 1. The number of benzene rings is 2. The summed E-state index contributed by atoms with van der Waals surface area (Å²) in [5.74, 6) is 0.0307. The lowest BCUT2D eigenvalue weighted by molar-refractivity contribution is -0.385. The van der Waals surface area contributed by atoms with Crippen molar-refractivity contribution < 1.29 is 19.6 Å². The Morgan fingerprint density at radius 1 is 1.29 bits per heavy atom. The van der Waals surface area contributed by atoms with Gasteiger partial charge >= 0.3 is 5.69 Å². The summed E-state index contributed by atoms with van der Waals surface area (Å²) >= 11 is 0. The van der Waals surface area contributed by atoms with Crippen LogP contribution in [0.25, 0.3) is 6.08 Å². The van der Waals surface area contributed by atoms with Crippen molar-refractivity contribution in [1.29, 1.82) is 0 Å². The molecule has 0 atom stereocenters. The Morgan fingerprint density at radius 3 is 2.83 bits per heavy atom. The van der Waals surface area contributed by atoms with Gasteiger partial charge in [0.25, 0.3) is 0 Å². The van der Waals surface area contributed by atoms with E-state index in [2.05, 4.69) is 0 Å². The molecule has 1 N–H and O–H groups in total. The molecule has 0 aliphatic carbocycles. The molecule has 3 rings (SSSR count). The Morgan fingerprint density at radius 2 is 2.08 bits per heavy atom. The summed E-state index contributed by atoms with van der Waals surface area (Å²) in [6, 6.07) is 9.42. The number of carbonyl (C=O) groups is 1. The average molecular weight is 325 g/mol. The van der Waals surface area contributed by atoms with Gasteiger partial charge in [-0.1, -0.05) is 18.2 Å². The number of ether oxygens (including phenoxy) is 1. The summed E-state index contributed by atoms with van der Waals surface area (Å²) < 4.78 is 5.69. The highest BCUT2D eigenvalue weighted by molar-refractivity contribution is 6.13. The third-order valence-electron chi connectivity index (χ3n) is 3.90. The van der Waals surface area contributed by atoms with E-state index >= 15 is 0 Å². The van der Waals surface area contributed by atoms with Crippen molar-refractivity contribution in [3.63, 3.8) is 0 Å². The maximum absolute atomic E-state index is 12.7.